The number of thiazole rings is 1. The number of halogens is 1. The zero-order chi connectivity index (χ0) is 35.5. The van der Waals surface area contributed by atoms with E-state index in [1.54, 1.807) is 27.9 Å². The van der Waals surface area contributed by atoms with Crippen molar-refractivity contribution >= 4 is 56.4 Å². The molecule has 3 aromatic heterocycles. The number of fused-ring (bicyclic) bond motifs is 2. The van der Waals surface area contributed by atoms with Crippen LogP contribution in [-0.4, -0.2) is 96.6 Å². The van der Waals surface area contributed by atoms with Crippen molar-refractivity contribution in [1.82, 2.24) is 34.5 Å². The van der Waals surface area contributed by atoms with Crippen LogP contribution in [0.4, 0.5) is 4.79 Å². The van der Waals surface area contributed by atoms with Gasteiger partial charge in [-0.2, -0.15) is 5.10 Å². The number of methoxy groups -OCH3 is 1. The predicted molar refractivity (Wildman–Crippen MR) is 193 cm³/mol. The van der Waals surface area contributed by atoms with Gasteiger partial charge in [-0.15, -0.1) is 11.3 Å². The van der Waals surface area contributed by atoms with E-state index < -0.39 is 17.7 Å². The molecule has 0 aliphatic carbocycles. The number of hydrogen-bond donors (Lipinski definition) is 1. The number of ether oxygens (including phenoxy) is 2. The van der Waals surface area contributed by atoms with Gasteiger partial charge in [-0.05, 0) is 83.0 Å². The summed E-state index contributed by atoms with van der Waals surface area (Å²) in [5.74, 6) is -0.839. The number of carboxylic acids is 1. The fraction of sp³-hybridized carbons (Fsp3) is 0.444. The Balaban J connectivity index is 1.25. The van der Waals surface area contributed by atoms with Crippen molar-refractivity contribution in [1.29, 1.82) is 0 Å². The van der Waals surface area contributed by atoms with Gasteiger partial charge in [-0.3, -0.25) is 4.90 Å². The Hall–Kier alpha value is -4.17. The molecule has 0 bridgehead atoms. The van der Waals surface area contributed by atoms with Crippen molar-refractivity contribution in [3.63, 3.8) is 0 Å². The van der Waals surface area contributed by atoms with E-state index in [4.69, 9.17) is 41.1 Å². The minimum Gasteiger partial charge on any atom is -0.479 e. The van der Waals surface area contributed by atoms with Crippen molar-refractivity contribution in [2.24, 2.45) is 7.05 Å². The molecule has 2 fully saturated rings. The monoisotopic (exact) mass is 717 g/mol. The van der Waals surface area contributed by atoms with E-state index >= 15 is 0 Å². The molecular weight excluding hydrogens is 678 g/mol. The van der Waals surface area contributed by atoms with Gasteiger partial charge in [-0.1, -0.05) is 23.7 Å². The number of benzene rings is 2. The molecule has 2 saturated heterocycles. The number of hydrogen-bond acceptors (Lipinski definition) is 10. The molecule has 50 heavy (non-hydrogen) atoms. The molecule has 1 amide bonds. The summed E-state index contributed by atoms with van der Waals surface area (Å²) in [5.41, 5.74) is 5.99. The van der Waals surface area contributed by atoms with Crippen LogP contribution < -0.4 is 0 Å². The summed E-state index contributed by atoms with van der Waals surface area (Å²) >= 11 is 7.72. The Labute approximate surface area is 299 Å². The lowest BCUT2D eigenvalue weighted by Gasteiger charge is -2.46. The number of nitrogens with zero attached hydrogens (tertiary/aromatic N) is 7. The molecule has 7 rings (SSSR count). The maximum absolute atomic E-state index is 12.7. The molecule has 14 heteroatoms. The summed E-state index contributed by atoms with van der Waals surface area (Å²) in [6.07, 6.45) is 2.13. The minimum atomic E-state index is -1.20. The van der Waals surface area contributed by atoms with E-state index in [-0.39, 0.29) is 12.0 Å². The van der Waals surface area contributed by atoms with Crippen LogP contribution in [0.3, 0.4) is 0 Å². The highest BCUT2D eigenvalue weighted by Gasteiger charge is 2.38. The van der Waals surface area contributed by atoms with Gasteiger partial charge in [0.2, 0.25) is 0 Å². The van der Waals surface area contributed by atoms with Crippen LogP contribution >= 0.6 is 22.9 Å². The van der Waals surface area contributed by atoms with Gasteiger partial charge in [0, 0.05) is 48.2 Å². The summed E-state index contributed by atoms with van der Waals surface area (Å²) in [6, 6.07) is 9.67. The molecule has 12 nitrogen and oxygen atoms in total. The Morgan fingerprint density at radius 2 is 1.80 bits per heavy atom. The smallest absolute Gasteiger partial charge is 0.409 e. The summed E-state index contributed by atoms with van der Waals surface area (Å²) in [6.45, 7) is 10.7. The van der Waals surface area contributed by atoms with Crippen LogP contribution in [0.25, 0.3) is 43.2 Å². The molecule has 2 aliphatic rings. The van der Waals surface area contributed by atoms with Crippen molar-refractivity contribution < 1.29 is 24.2 Å². The Morgan fingerprint density at radius 1 is 1.10 bits per heavy atom. The van der Waals surface area contributed by atoms with Crippen LogP contribution in [0.2, 0.25) is 5.02 Å². The van der Waals surface area contributed by atoms with Crippen LogP contribution in [0, 0.1) is 6.92 Å². The first-order valence-electron chi connectivity index (χ1n) is 16.7. The van der Waals surface area contributed by atoms with Gasteiger partial charge in [0.25, 0.3) is 0 Å². The van der Waals surface area contributed by atoms with Gasteiger partial charge >= 0.3 is 12.1 Å². The number of likely N-dealkylation sites (tertiary alicyclic amines) is 2. The summed E-state index contributed by atoms with van der Waals surface area (Å²) < 4.78 is 13.6. The molecule has 2 aliphatic heterocycles. The highest BCUT2D eigenvalue weighted by Crippen LogP contribution is 2.44. The minimum absolute atomic E-state index is 0.226. The summed E-state index contributed by atoms with van der Waals surface area (Å²) in [7, 11) is 3.31. The number of aliphatic carboxylic acids is 1. The van der Waals surface area contributed by atoms with Crippen LogP contribution in [0.1, 0.15) is 62.5 Å². The topological polar surface area (TPSA) is 136 Å². The lowest BCUT2D eigenvalue weighted by atomic mass is 9.91. The fourth-order valence-electron chi connectivity index (χ4n) is 7.08. The average molecular weight is 718 g/mol. The number of amides is 1. The van der Waals surface area contributed by atoms with E-state index in [2.05, 4.69) is 4.90 Å². The number of aryl methyl sites for hydroxylation is 2. The number of piperidine rings is 1. The van der Waals surface area contributed by atoms with Crippen LogP contribution in [-0.2, 0) is 21.3 Å². The molecule has 5 aromatic rings. The second kappa shape index (κ2) is 13.2. The summed E-state index contributed by atoms with van der Waals surface area (Å²) in [5, 5.41) is 16.6. The zero-order valence-corrected chi connectivity index (χ0v) is 30.5. The molecule has 1 N–H and O–H groups in total. The van der Waals surface area contributed by atoms with Gasteiger partial charge < -0.3 is 19.5 Å². The molecule has 1 atom stereocenters. The van der Waals surface area contributed by atoms with E-state index in [0.717, 1.165) is 64.0 Å². The number of aromatic nitrogens is 5. The van der Waals surface area contributed by atoms with E-state index in [1.807, 2.05) is 52.9 Å². The third kappa shape index (κ3) is 6.43. The first kappa shape index (κ1) is 34.3. The zero-order valence-electron chi connectivity index (χ0n) is 28.9. The molecule has 0 radical (unpaired) electrons. The van der Waals surface area contributed by atoms with Crippen LogP contribution in [0.15, 0.2) is 36.5 Å². The standard InChI is InChI=1S/C36H40ClN7O5S/c1-19-15-24-31(27(20-7-9-22(37)10-8-20)26(19)30(34(45)46)49-36(2,3)4)50-33(40-24)25-16-38-32-29(39-25)28(41-42(32)5)21-11-13-43(14-12-21)23-17-44(18-23)35(47)48-6/h7-10,15-16,21,23,30H,11-14,17-18H2,1-6H3,(H,45,46). The lowest BCUT2D eigenvalue weighted by molar-refractivity contribution is -0.160. The van der Waals surface area contributed by atoms with Gasteiger partial charge in [0.15, 0.2) is 11.8 Å². The lowest BCUT2D eigenvalue weighted by Crippen LogP contribution is -2.62. The van der Waals surface area contributed by atoms with Crippen LogP contribution in [0.5, 0.6) is 0 Å². The quantitative estimate of drug-likeness (QED) is 0.191. The Morgan fingerprint density at radius 3 is 2.44 bits per heavy atom. The maximum Gasteiger partial charge on any atom is 0.409 e. The molecule has 0 spiro atoms. The highest BCUT2D eigenvalue weighted by atomic mass is 35.5. The van der Waals surface area contributed by atoms with E-state index in [1.165, 1.54) is 18.4 Å². The molecular formula is C36H40ClN7O5S. The predicted octanol–water partition coefficient (Wildman–Crippen LogP) is 6.84. The highest BCUT2D eigenvalue weighted by molar-refractivity contribution is 7.22. The van der Waals surface area contributed by atoms with Crippen molar-refractivity contribution in [2.75, 3.05) is 33.3 Å². The fourth-order valence-corrected chi connectivity index (χ4v) is 8.28. The third-order valence-electron chi connectivity index (χ3n) is 9.53. The Bertz CT molecular complexity index is 2090. The number of carbonyl (C=O) groups is 2. The number of carbonyl (C=O) groups excluding carboxylic acids is 1. The van der Waals surface area contributed by atoms with E-state index in [9.17, 15) is 14.7 Å². The van der Waals surface area contributed by atoms with Gasteiger partial charge in [0.1, 0.15) is 16.2 Å². The van der Waals surface area contributed by atoms with Gasteiger partial charge in [-0.25, -0.2) is 29.2 Å². The molecule has 2 aromatic carbocycles. The summed E-state index contributed by atoms with van der Waals surface area (Å²) in [4.78, 5) is 43.7. The molecule has 262 valence electrons. The third-order valence-corrected chi connectivity index (χ3v) is 10.9. The first-order valence-corrected chi connectivity index (χ1v) is 17.9. The van der Waals surface area contributed by atoms with Crippen molar-refractivity contribution in [2.45, 2.75) is 64.2 Å². The molecule has 0 saturated carbocycles. The SMILES string of the molecule is COC(=O)N1CC(N2CCC(c3nn(C)c4ncc(-c5nc6cc(C)c(C(OC(C)(C)C)C(=O)O)c(-c7ccc(Cl)cc7)c6s5)nc34)CC2)C1. The van der Waals surface area contributed by atoms with Crippen molar-refractivity contribution in [3.05, 3.63) is 58.4 Å². The molecule has 5 heterocycles. The Kier molecular flexibility index (Phi) is 9.04. The second-order valence-corrected chi connectivity index (χ2v) is 15.5. The largest absolute Gasteiger partial charge is 0.479 e. The van der Waals surface area contributed by atoms with Gasteiger partial charge in [0.05, 0.1) is 34.8 Å². The average Bonchev–Trinajstić information content (AvgIpc) is 3.63. The normalized spacial score (nSPS) is 17.0. The number of rotatable bonds is 7. The van der Waals surface area contributed by atoms with E-state index in [0.29, 0.717) is 46.1 Å². The maximum atomic E-state index is 12.7. The second-order valence-electron chi connectivity index (χ2n) is 14.1. The van der Waals surface area contributed by atoms with Crippen molar-refractivity contribution in [3.8, 4) is 21.8 Å². The number of carboxylic acid groups (broad SMARTS) is 1. The molecule has 1 unspecified atom stereocenters. The first-order chi connectivity index (χ1) is 23.8.